The Morgan fingerprint density at radius 3 is 2.82 bits per heavy atom. The number of carbonyl (C=O) groups is 2. The van der Waals surface area contributed by atoms with Crippen molar-refractivity contribution in [2.75, 3.05) is 13.1 Å². The molecule has 1 aliphatic heterocycles. The molecule has 0 radical (unpaired) electrons. The number of hydrogen-bond acceptors (Lipinski definition) is 3. The van der Waals surface area contributed by atoms with Gasteiger partial charge >= 0.3 is 0 Å². The van der Waals surface area contributed by atoms with Crippen LogP contribution in [0, 0.1) is 0 Å². The molecule has 3 N–H and O–H groups in total. The van der Waals surface area contributed by atoms with Gasteiger partial charge in [0.2, 0.25) is 11.8 Å². The van der Waals surface area contributed by atoms with Crippen LogP contribution in [-0.2, 0) is 9.59 Å². The third-order valence-corrected chi connectivity index (χ3v) is 1.48. The standard InChI is InChI=1S/C6H11N3O2/c7-3-4-9-6(11)2-1-5(10)8-9/h1-4,7H2,(H,8,10). The minimum absolute atomic E-state index is 0.0601. The summed E-state index contributed by atoms with van der Waals surface area (Å²) < 4.78 is 0. The fourth-order valence-corrected chi connectivity index (χ4v) is 0.934. The van der Waals surface area contributed by atoms with E-state index in [1.165, 1.54) is 5.01 Å². The van der Waals surface area contributed by atoms with Crippen LogP contribution in [0.25, 0.3) is 0 Å². The molecule has 62 valence electrons. The SMILES string of the molecule is NCCN1NC(=O)CCC1=O. The molecule has 1 aliphatic rings. The van der Waals surface area contributed by atoms with Crippen LogP contribution in [0.5, 0.6) is 0 Å². The summed E-state index contributed by atoms with van der Waals surface area (Å²) in [6, 6.07) is 0. The summed E-state index contributed by atoms with van der Waals surface area (Å²) in [5.74, 6) is -0.173. The number of nitrogens with zero attached hydrogens (tertiary/aromatic N) is 1. The van der Waals surface area contributed by atoms with Crippen LogP contribution in [0.15, 0.2) is 0 Å². The van der Waals surface area contributed by atoms with E-state index in [4.69, 9.17) is 5.73 Å². The lowest BCUT2D eigenvalue weighted by Crippen LogP contribution is -2.51. The predicted octanol–water partition coefficient (Wildman–Crippen LogP) is -1.40. The molecule has 0 aromatic heterocycles. The maximum atomic E-state index is 11.0. The maximum absolute atomic E-state index is 11.0. The minimum atomic E-state index is -0.113. The highest BCUT2D eigenvalue weighted by atomic mass is 16.2. The number of hydrogen-bond donors (Lipinski definition) is 2. The summed E-state index contributed by atoms with van der Waals surface area (Å²) in [5.41, 5.74) is 7.65. The topological polar surface area (TPSA) is 75.4 Å². The van der Waals surface area contributed by atoms with Gasteiger partial charge in [0.25, 0.3) is 0 Å². The molecular weight excluding hydrogens is 146 g/mol. The number of carbonyl (C=O) groups excluding carboxylic acids is 2. The number of nitrogens with one attached hydrogen (secondary N) is 1. The van der Waals surface area contributed by atoms with Crippen LogP contribution in [-0.4, -0.2) is 29.9 Å². The molecule has 5 heteroatoms. The van der Waals surface area contributed by atoms with Crippen molar-refractivity contribution in [3.63, 3.8) is 0 Å². The first kappa shape index (κ1) is 8.00. The third-order valence-electron chi connectivity index (χ3n) is 1.48. The van der Waals surface area contributed by atoms with Gasteiger partial charge in [-0.3, -0.25) is 20.0 Å². The van der Waals surface area contributed by atoms with Crippen molar-refractivity contribution < 1.29 is 9.59 Å². The molecule has 0 spiro atoms. The van der Waals surface area contributed by atoms with E-state index in [0.29, 0.717) is 25.9 Å². The highest BCUT2D eigenvalue weighted by Gasteiger charge is 2.21. The van der Waals surface area contributed by atoms with E-state index in [1.54, 1.807) is 0 Å². The van der Waals surface area contributed by atoms with Gasteiger partial charge in [0.05, 0.1) is 6.54 Å². The Morgan fingerprint density at radius 2 is 2.18 bits per heavy atom. The van der Waals surface area contributed by atoms with Gasteiger partial charge in [-0.15, -0.1) is 0 Å². The van der Waals surface area contributed by atoms with E-state index in [0.717, 1.165) is 0 Å². The average molecular weight is 157 g/mol. The van der Waals surface area contributed by atoms with Crippen molar-refractivity contribution in [3.05, 3.63) is 0 Å². The number of rotatable bonds is 2. The second kappa shape index (κ2) is 3.34. The zero-order chi connectivity index (χ0) is 8.27. The molecule has 11 heavy (non-hydrogen) atoms. The van der Waals surface area contributed by atoms with E-state index in [9.17, 15) is 9.59 Å². The van der Waals surface area contributed by atoms with Crippen LogP contribution in [0.4, 0.5) is 0 Å². The highest BCUT2D eigenvalue weighted by molar-refractivity contribution is 5.89. The van der Waals surface area contributed by atoms with Crippen LogP contribution >= 0.6 is 0 Å². The van der Waals surface area contributed by atoms with Crippen molar-refractivity contribution in [3.8, 4) is 0 Å². The summed E-state index contributed by atoms with van der Waals surface area (Å²) in [6.07, 6.45) is 0.589. The second-order valence-electron chi connectivity index (χ2n) is 2.37. The van der Waals surface area contributed by atoms with E-state index < -0.39 is 0 Å². The summed E-state index contributed by atoms with van der Waals surface area (Å²) in [4.78, 5) is 21.7. The van der Waals surface area contributed by atoms with Crippen LogP contribution in [0.1, 0.15) is 12.8 Å². The van der Waals surface area contributed by atoms with Crippen LogP contribution < -0.4 is 11.2 Å². The quantitative estimate of drug-likeness (QED) is 0.517. The number of nitrogens with two attached hydrogens (primary N) is 1. The zero-order valence-corrected chi connectivity index (χ0v) is 6.17. The van der Waals surface area contributed by atoms with Gasteiger partial charge in [-0.25, -0.2) is 0 Å². The Bertz CT molecular complexity index is 181. The van der Waals surface area contributed by atoms with Crippen molar-refractivity contribution >= 4 is 11.8 Å². The van der Waals surface area contributed by atoms with E-state index in [2.05, 4.69) is 5.43 Å². The average Bonchev–Trinajstić information content (AvgIpc) is 1.98. The number of amides is 2. The van der Waals surface area contributed by atoms with Gasteiger partial charge in [0.1, 0.15) is 0 Å². The maximum Gasteiger partial charge on any atom is 0.241 e. The second-order valence-corrected chi connectivity index (χ2v) is 2.37. The van der Waals surface area contributed by atoms with Gasteiger partial charge in [0, 0.05) is 19.4 Å². The summed E-state index contributed by atoms with van der Waals surface area (Å²) in [7, 11) is 0. The van der Waals surface area contributed by atoms with Crippen LogP contribution in [0.2, 0.25) is 0 Å². The van der Waals surface area contributed by atoms with E-state index in [-0.39, 0.29) is 11.8 Å². The molecule has 1 fully saturated rings. The molecule has 0 saturated carbocycles. The first-order chi connectivity index (χ1) is 5.24. The summed E-state index contributed by atoms with van der Waals surface area (Å²) in [6.45, 7) is 0.761. The molecule has 1 heterocycles. The molecule has 0 aliphatic carbocycles. The fraction of sp³-hybridized carbons (Fsp3) is 0.667. The van der Waals surface area contributed by atoms with Gasteiger partial charge in [-0.1, -0.05) is 0 Å². The first-order valence-electron chi connectivity index (χ1n) is 3.54. The molecule has 2 amide bonds. The molecule has 0 aromatic carbocycles. The molecule has 0 aromatic rings. The number of hydrazine groups is 1. The smallest absolute Gasteiger partial charge is 0.241 e. The molecule has 1 rings (SSSR count). The van der Waals surface area contributed by atoms with E-state index in [1.807, 2.05) is 0 Å². The zero-order valence-electron chi connectivity index (χ0n) is 6.17. The third kappa shape index (κ3) is 1.91. The Labute approximate surface area is 64.5 Å². The van der Waals surface area contributed by atoms with Gasteiger partial charge in [-0.05, 0) is 0 Å². The predicted molar refractivity (Wildman–Crippen MR) is 38.1 cm³/mol. The first-order valence-corrected chi connectivity index (χ1v) is 3.54. The minimum Gasteiger partial charge on any atom is -0.329 e. The Hall–Kier alpha value is -1.10. The monoisotopic (exact) mass is 157 g/mol. The van der Waals surface area contributed by atoms with Gasteiger partial charge in [0.15, 0.2) is 0 Å². The molecule has 0 atom stereocenters. The Kier molecular flexibility index (Phi) is 2.43. The molecule has 0 bridgehead atoms. The largest absolute Gasteiger partial charge is 0.329 e. The lowest BCUT2D eigenvalue weighted by atomic mass is 10.2. The Balaban J connectivity index is 2.47. The van der Waals surface area contributed by atoms with Crippen molar-refractivity contribution in [1.29, 1.82) is 0 Å². The van der Waals surface area contributed by atoms with Gasteiger partial charge < -0.3 is 5.73 Å². The molecule has 0 unspecified atom stereocenters. The van der Waals surface area contributed by atoms with E-state index >= 15 is 0 Å². The lowest BCUT2D eigenvalue weighted by molar-refractivity contribution is -0.146. The van der Waals surface area contributed by atoms with Crippen LogP contribution in [0.3, 0.4) is 0 Å². The van der Waals surface area contributed by atoms with Crippen molar-refractivity contribution in [2.24, 2.45) is 5.73 Å². The normalized spacial score (nSPS) is 18.5. The molecular formula is C6H11N3O2. The summed E-state index contributed by atoms with van der Waals surface area (Å²) >= 11 is 0. The van der Waals surface area contributed by atoms with Crippen molar-refractivity contribution in [1.82, 2.24) is 10.4 Å². The van der Waals surface area contributed by atoms with Crippen molar-refractivity contribution in [2.45, 2.75) is 12.8 Å². The molecule has 5 nitrogen and oxygen atoms in total. The molecule has 1 saturated heterocycles. The van der Waals surface area contributed by atoms with Gasteiger partial charge in [-0.2, -0.15) is 0 Å². The lowest BCUT2D eigenvalue weighted by Gasteiger charge is -2.26. The Morgan fingerprint density at radius 1 is 1.45 bits per heavy atom. The summed E-state index contributed by atoms with van der Waals surface area (Å²) in [5, 5.41) is 1.27. The highest BCUT2D eigenvalue weighted by Crippen LogP contribution is 2.01. The fourth-order valence-electron chi connectivity index (χ4n) is 0.934.